The zero-order chi connectivity index (χ0) is 25.2. The Morgan fingerprint density at radius 2 is 1.89 bits per heavy atom. The summed E-state index contributed by atoms with van der Waals surface area (Å²) >= 11 is 6.12. The van der Waals surface area contributed by atoms with Crippen LogP contribution in [-0.4, -0.2) is 77.0 Å². The second-order valence-corrected chi connectivity index (χ2v) is 9.50. The largest absolute Gasteiger partial charge is 0.481 e. The first-order valence-electron chi connectivity index (χ1n) is 11.5. The van der Waals surface area contributed by atoms with Gasteiger partial charge in [-0.1, -0.05) is 36.7 Å². The number of aliphatic imine (C=N–C) groups is 1. The molecule has 3 heterocycles. The number of halogens is 1. The molecule has 2 amide bonds. The number of hydrogen-bond acceptors (Lipinski definition) is 7. The van der Waals surface area contributed by atoms with Crippen molar-refractivity contribution in [2.45, 2.75) is 38.8 Å². The van der Waals surface area contributed by atoms with Crippen molar-refractivity contribution in [3.8, 4) is 5.88 Å². The lowest BCUT2D eigenvalue weighted by molar-refractivity contribution is -0.132. The van der Waals surface area contributed by atoms with Crippen LogP contribution in [0.2, 0.25) is 5.02 Å². The molecule has 184 valence electrons. The van der Waals surface area contributed by atoms with E-state index in [1.807, 2.05) is 49.2 Å². The van der Waals surface area contributed by atoms with E-state index in [4.69, 9.17) is 16.3 Å². The van der Waals surface area contributed by atoms with Crippen LogP contribution < -0.4 is 9.75 Å². The number of hydrogen-bond donors (Lipinski definition) is 0. The number of rotatable bonds is 5. The molecule has 10 heteroatoms. The number of piperazine rings is 1. The van der Waals surface area contributed by atoms with E-state index in [0.29, 0.717) is 24.7 Å². The van der Waals surface area contributed by atoms with Gasteiger partial charge in [-0.2, -0.15) is 0 Å². The Bertz CT molecular complexity index is 1170. The summed E-state index contributed by atoms with van der Waals surface area (Å²) in [5.74, 6) is -0.125. The van der Waals surface area contributed by atoms with Crippen LogP contribution in [0.4, 0.5) is 5.69 Å². The minimum Gasteiger partial charge on any atom is -0.481 e. The highest BCUT2D eigenvalue weighted by atomic mass is 35.5. The van der Waals surface area contributed by atoms with Crippen LogP contribution in [0.1, 0.15) is 37.7 Å². The monoisotopic (exact) mass is 496 g/mol. The van der Waals surface area contributed by atoms with Gasteiger partial charge < -0.3 is 14.5 Å². The number of aromatic nitrogens is 1. The van der Waals surface area contributed by atoms with Crippen LogP contribution in [0.15, 0.2) is 52.6 Å². The number of nitrogens with zero attached hydrogens (tertiary/aromatic N) is 6. The third-order valence-electron chi connectivity index (χ3n) is 6.15. The van der Waals surface area contributed by atoms with Crippen molar-refractivity contribution in [1.29, 1.82) is 0 Å². The lowest BCUT2D eigenvalue weighted by atomic mass is 9.98. The minimum absolute atomic E-state index is 0.0291. The predicted molar refractivity (Wildman–Crippen MR) is 136 cm³/mol. The maximum atomic E-state index is 13.5. The number of benzene rings is 1. The van der Waals surface area contributed by atoms with Crippen LogP contribution in [0.5, 0.6) is 5.88 Å². The molecule has 2 aliphatic rings. The molecule has 2 aliphatic heterocycles. The van der Waals surface area contributed by atoms with Crippen molar-refractivity contribution in [2.24, 2.45) is 10.1 Å². The van der Waals surface area contributed by atoms with Crippen molar-refractivity contribution in [2.75, 3.05) is 31.8 Å². The molecule has 1 aromatic carbocycles. The first kappa shape index (κ1) is 24.7. The third-order valence-corrected chi connectivity index (χ3v) is 6.36. The molecule has 1 saturated heterocycles. The first-order valence-corrected chi connectivity index (χ1v) is 11.9. The fourth-order valence-electron chi connectivity index (χ4n) is 4.30. The van der Waals surface area contributed by atoms with E-state index in [0.717, 1.165) is 12.1 Å². The molecular formula is C25H29ClN6O3. The average Bonchev–Trinajstić information content (AvgIpc) is 2.87. The Hall–Kier alpha value is -3.46. The van der Waals surface area contributed by atoms with Gasteiger partial charge in [0, 0.05) is 36.9 Å². The maximum absolute atomic E-state index is 13.5. The summed E-state index contributed by atoms with van der Waals surface area (Å²) in [6, 6.07) is 12.8. The van der Waals surface area contributed by atoms with E-state index in [2.05, 4.69) is 22.0 Å². The van der Waals surface area contributed by atoms with Crippen molar-refractivity contribution in [3.05, 3.63) is 53.2 Å². The van der Waals surface area contributed by atoms with E-state index >= 15 is 0 Å². The number of carbonyl (C=O) groups excluding carboxylic acids is 2. The molecule has 1 fully saturated rings. The van der Waals surface area contributed by atoms with Gasteiger partial charge in [-0.25, -0.2) is 9.98 Å². The predicted octanol–water partition coefficient (Wildman–Crippen LogP) is 3.49. The molecule has 1 aromatic heterocycles. The van der Waals surface area contributed by atoms with E-state index in [9.17, 15) is 9.59 Å². The standard InChI is InChI=1S/C25H29ClN6O3/c1-5-18-15-27-22(29-32(18)19-9-7-6-8-10-19)24(34)31-12-11-30(16-25(31,2)3)23(33)20-13-17(26)14-21(28-20)35-4/h6-10,13-15,18H,5,11-12,16H2,1-4H3. The first-order chi connectivity index (χ1) is 16.7. The molecule has 0 N–H and O–H groups in total. The molecule has 0 radical (unpaired) electrons. The Morgan fingerprint density at radius 1 is 1.14 bits per heavy atom. The highest BCUT2D eigenvalue weighted by molar-refractivity contribution is 6.40. The van der Waals surface area contributed by atoms with Crippen molar-refractivity contribution in [1.82, 2.24) is 14.8 Å². The highest BCUT2D eigenvalue weighted by Crippen LogP contribution is 2.26. The molecule has 0 aliphatic carbocycles. The molecule has 35 heavy (non-hydrogen) atoms. The SMILES string of the molecule is CCC1C=NC(C(=O)N2CCN(C(=O)c3cc(Cl)cc(OC)n3)CC2(C)C)=NN1c1ccccc1. The van der Waals surface area contributed by atoms with Crippen LogP contribution in [0, 0.1) is 0 Å². The molecule has 4 rings (SSSR count). The number of hydrazone groups is 1. The van der Waals surface area contributed by atoms with E-state index in [1.165, 1.54) is 13.2 Å². The lowest BCUT2D eigenvalue weighted by Crippen LogP contribution is -2.63. The zero-order valence-electron chi connectivity index (χ0n) is 20.3. The topological polar surface area (TPSA) is 90.7 Å². The molecule has 0 spiro atoms. The third kappa shape index (κ3) is 5.14. The van der Waals surface area contributed by atoms with Crippen molar-refractivity contribution in [3.63, 3.8) is 0 Å². The number of methoxy groups -OCH3 is 1. The second kappa shape index (κ2) is 10.0. The summed E-state index contributed by atoms with van der Waals surface area (Å²) in [5, 5.41) is 6.83. The Labute approximate surface area is 210 Å². The van der Waals surface area contributed by atoms with Gasteiger partial charge in [0.1, 0.15) is 5.69 Å². The number of carbonyl (C=O) groups is 2. The summed E-state index contributed by atoms with van der Waals surface area (Å²) in [5.41, 5.74) is 0.454. The van der Waals surface area contributed by atoms with Gasteiger partial charge in [-0.05, 0) is 38.5 Å². The van der Waals surface area contributed by atoms with Gasteiger partial charge in [0.15, 0.2) is 0 Å². The second-order valence-electron chi connectivity index (χ2n) is 9.07. The fraction of sp³-hybridized carbons (Fsp3) is 0.400. The van der Waals surface area contributed by atoms with Crippen LogP contribution >= 0.6 is 11.6 Å². The summed E-state index contributed by atoms with van der Waals surface area (Å²) in [6.07, 6.45) is 2.58. The number of amidine groups is 1. The van der Waals surface area contributed by atoms with E-state index in [-0.39, 0.29) is 35.3 Å². The van der Waals surface area contributed by atoms with Gasteiger partial charge in [0.05, 0.1) is 24.4 Å². The van der Waals surface area contributed by atoms with Gasteiger partial charge in [0.25, 0.3) is 11.8 Å². The van der Waals surface area contributed by atoms with Gasteiger partial charge in [0.2, 0.25) is 11.7 Å². The lowest BCUT2D eigenvalue weighted by Gasteiger charge is -2.47. The Morgan fingerprint density at radius 3 is 2.54 bits per heavy atom. The van der Waals surface area contributed by atoms with Gasteiger partial charge >= 0.3 is 0 Å². The average molecular weight is 497 g/mol. The fourth-order valence-corrected chi connectivity index (χ4v) is 4.50. The van der Waals surface area contributed by atoms with E-state index in [1.54, 1.807) is 22.1 Å². The highest BCUT2D eigenvalue weighted by Gasteiger charge is 2.41. The number of ether oxygens (including phenoxy) is 1. The van der Waals surface area contributed by atoms with Crippen molar-refractivity contribution < 1.29 is 14.3 Å². The molecule has 9 nitrogen and oxygen atoms in total. The smallest absolute Gasteiger partial charge is 0.294 e. The van der Waals surface area contributed by atoms with E-state index < -0.39 is 5.54 Å². The van der Waals surface area contributed by atoms with Crippen LogP contribution in [0.3, 0.4) is 0 Å². The number of amides is 2. The van der Waals surface area contributed by atoms with Gasteiger partial charge in [-0.3, -0.25) is 14.6 Å². The molecule has 1 atom stereocenters. The van der Waals surface area contributed by atoms with Crippen LogP contribution in [0.25, 0.3) is 0 Å². The van der Waals surface area contributed by atoms with Crippen molar-refractivity contribution >= 4 is 41.2 Å². The quantitative estimate of drug-likeness (QED) is 0.632. The minimum atomic E-state index is -0.648. The van der Waals surface area contributed by atoms with Gasteiger partial charge in [-0.15, -0.1) is 5.10 Å². The summed E-state index contributed by atoms with van der Waals surface area (Å²) < 4.78 is 5.14. The zero-order valence-corrected chi connectivity index (χ0v) is 21.1. The number of para-hydroxylation sites is 1. The van der Waals surface area contributed by atoms with Crippen LogP contribution in [-0.2, 0) is 4.79 Å². The summed E-state index contributed by atoms with van der Waals surface area (Å²) in [7, 11) is 1.47. The number of anilines is 1. The Kier molecular flexibility index (Phi) is 7.07. The molecule has 2 aromatic rings. The molecular weight excluding hydrogens is 468 g/mol. The molecule has 1 unspecified atom stereocenters. The molecule has 0 bridgehead atoms. The maximum Gasteiger partial charge on any atom is 0.294 e. The molecule has 0 saturated carbocycles. The Balaban J connectivity index is 1.52. The summed E-state index contributed by atoms with van der Waals surface area (Å²) in [6.45, 7) is 6.91. The number of pyridine rings is 1. The summed E-state index contributed by atoms with van der Waals surface area (Å²) in [4.78, 5) is 38.7. The normalized spacial score (nSPS) is 19.4.